The highest BCUT2D eigenvalue weighted by molar-refractivity contribution is 5.93. The molecule has 1 saturated heterocycles. The summed E-state index contributed by atoms with van der Waals surface area (Å²) in [7, 11) is 0. The molecule has 0 atom stereocenters. The number of hydrogen-bond donors (Lipinski definition) is 0. The zero-order valence-electron chi connectivity index (χ0n) is 17.3. The Morgan fingerprint density at radius 2 is 1.60 bits per heavy atom. The van der Waals surface area contributed by atoms with Gasteiger partial charge in [-0.15, -0.1) is 0 Å². The van der Waals surface area contributed by atoms with Crippen LogP contribution < -0.4 is 0 Å². The maximum Gasteiger partial charge on any atom is 0.433 e. The van der Waals surface area contributed by atoms with Crippen LogP contribution in [0.4, 0.5) is 13.2 Å². The third-order valence-corrected chi connectivity index (χ3v) is 6.36. The predicted octanol–water partition coefficient (Wildman–Crippen LogP) is 5.28. The molecule has 1 aliphatic carbocycles. The normalized spacial score (nSPS) is 19.6. The molecule has 164 valence electrons. The van der Waals surface area contributed by atoms with Gasteiger partial charge in [0.25, 0.3) is 5.91 Å². The van der Waals surface area contributed by atoms with Crippen molar-refractivity contribution < 1.29 is 18.0 Å². The van der Waals surface area contributed by atoms with E-state index in [4.69, 9.17) is 0 Å². The fourth-order valence-corrected chi connectivity index (χ4v) is 4.74. The van der Waals surface area contributed by atoms with Crippen molar-refractivity contribution in [2.24, 2.45) is 5.92 Å². The molecule has 0 bridgehead atoms. The Morgan fingerprint density at radius 1 is 0.967 bits per heavy atom. The molecule has 2 fully saturated rings. The Kier molecular flexibility index (Phi) is 6.29. The van der Waals surface area contributed by atoms with E-state index in [1.165, 1.54) is 18.9 Å². The summed E-state index contributed by atoms with van der Waals surface area (Å²) < 4.78 is 42.0. The molecule has 1 saturated carbocycles. The molecule has 0 aromatic carbocycles. The van der Waals surface area contributed by atoms with E-state index in [0.717, 1.165) is 61.9 Å². The largest absolute Gasteiger partial charge is 0.433 e. The summed E-state index contributed by atoms with van der Waals surface area (Å²) in [5, 5.41) is 4.05. The lowest BCUT2D eigenvalue weighted by atomic mass is 10.0. The second-order valence-corrected chi connectivity index (χ2v) is 8.70. The van der Waals surface area contributed by atoms with E-state index >= 15 is 0 Å². The minimum atomic E-state index is -4.56. The molecular weight excluding hydrogens is 393 g/mol. The zero-order chi connectivity index (χ0) is 21.1. The van der Waals surface area contributed by atoms with Crippen molar-refractivity contribution in [3.8, 4) is 0 Å². The molecule has 1 aliphatic heterocycles. The first-order valence-corrected chi connectivity index (χ1v) is 11.2. The van der Waals surface area contributed by atoms with E-state index in [1.807, 2.05) is 0 Å². The SMILES string of the molecule is O=C(c1cc2nc(CC3CCCC3)cc(C(F)(F)F)n2n1)N1CCCCCCCC1. The lowest BCUT2D eigenvalue weighted by Crippen LogP contribution is -2.33. The first kappa shape index (κ1) is 21.1. The maximum atomic E-state index is 13.7. The highest BCUT2D eigenvalue weighted by atomic mass is 19.4. The first-order chi connectivity index (χ1) is 14.4. The number of carbonyl (C=O) groups excluding carboxylic acids is 1. The van der Waals surface area contributed by atoms with Gasteiger partial charge in [0.2, 0.25) is 0 Å². The number of hydrogen-bond acceptors (Lipinski definition) is 3. The van der Waals surface area contributed by atoms with E-state index < -0.39 is 11.9 Å². The number of aromatic nitrogens is 3. The van der Waals surface area contributed by atoms with Crippen LogP contribution in [0.25, 0.3) is 5.65 Å². The van der Waals surface area contributed by atoms with Gasteiger partial charge in [-0.3, -0.25) is 4.79 Å². The number of halogens is 3. The molecule has 1 amide bonds. The zero-order valence-corrected chi connectivity index (χ0v) is 17.3. The molecule has 0 spiro atoms. The molecule has 30 heavy (non-hydrogen) atoms. The smallest absolute Gasteiger partial charge is 0.337 e. The third kappa shape index (κ3) is 4.78. The summed E-state index contributed by atoms with van der Waals surface area (Å²) >= 11 is 0. The number of alkyl halides is 3. The molecule has 2 aliphatic rings. The van der Waals surface area contributed by atoms with Crippen LogP contribution in [0.1, 0.15) is 86.1 Å². The van der Waals surface area contributed by atoms with E-state index in [9.17, 15) is 18.0 Å². The molecule has 0 unspecified atom stereocenters. The Labute approximate surface area is 174 Å². The van der Waals surface area contributed by atoms with Crippen LogP contribution >= 0.6 is 0 Å². The molecule has 8 heteroatoms. The first-order valence-electron chi connectivity index (χ1n) is 11.2. The van der Waals surface area contributed by atoms with Gasteiger partial charge in [0.15, 0.2) is 11.3 Å². The molecule has 5 nitrogen and oxygen atoms in total. The predicted molar refractivity (Wildman–Crippen MR) is 107 cm³/mol. The van der Waals surface area contributed by atoms with Gasteiger partial charge in [-0.2, -0.15) is 18.3 Å². The van der Waals surface area contributed by atoms with Crippen molar-refractivity contribution in [1.29, 1.82) is 0 Å². The number of carbonyl (C=O) groups is 1. The quantitative estimate of drug-likeness (QED) is 0.676. The minimum Gasteiger partial charge on any atom is -0.337 e. The molecule has 3 heterocycles. The van der Waals surface area contributed by atoms with Gasteiger partial charge in [-0.05, 0) is 31.2 Å². The van der Waals surface area contributed by atoms with Crippen molar-refractivity contribution in [2.45, 2.75) is 76.8 Å². The molecule has 0 N–H and O–H groups in total. The number of amides is 1. The van der Waals surface area contributed by atoms with Gasteiger partial charge in [-0.25, -0.2) is 9.50 Å². The summed E-state index contributed by atoms with van der Waals surface area (Å²) in [4.78, 5) is 19.2. The second-order valence-electron chi connectivity index (χ2n) is 8.70. The minimum absolute atomic E-state index is 0.0465. The summed E-state index contributed by atoms with van der Waals surface area (Å²) in [5.74, 6) is 0.0860. The van der Waals surface area contributed by atoms with E-state index in [1.54, 1.807) is 4.90 Å². The highest BCUT2D eigenvalue weighted by Gasteiger charge is 2.36. The summed E-state index contributed by atoms with van der Waals surface area (Å²) in [6, 6.07) is 2.52. The summed E-state index contributed by atoms with van der Waals surface area (Å²) in [6.45, 7) is 1.25. The lowest BCUT2D eigenvalue weighted by molar-refractivity contribution is -0.142. The van der Waals surface area contributed by atoms with Gasteiger partial charge in [-0.1, -0.05) is 51.4 Å². The van der Waals surface area contributed by atoms with Crippen molar-refractivity contribution in [3.63, 3.8) is 0 Å². The fraction of sp³-hybridized carbons (Fsp3) is 0.682. The van der Waals surface area contributed by atoms with Gasteiger partial charge < -0.3 is 4.90 Å². The molecular formula is C22H29F3N4O. The fourth-order valence-electron chi connectivity index (χ4n) is 4.74. The Morgan fingerprint density at radius 3 is 2.23 bits per heavy atom. The average Bonchev–Trinajstić information content (AvgIpc) is 3.37. The Bertz CT molecular complexity index is 876. The van der Waals surface area contributed by atoms with Gasteiger partial charge in [0, 0.05) is 24.8 Å². The topological polar surface area (TPSA) is 50.5 Å². The van der Waals surface area contributed by atoms with Crippen LogP contribution in [0.2, 0.25) is 0 Å². The number of rotatable bonds is 3. The van der Waals surface area contributed by atoms with E-state index in [0.29, 0.717) is 31.1 Å². The molecule has 0 radical (unpaired) electrons. The van der Waals surface area contributed by atoms with E-state index in [-0.39, 0.29) is 17.2 Å². The lowest BCUT2D eigenvalue weighted by Gasteiger charge is -2.20. The van der Waals surface area contributed by atoms with Gasteiger partial charge in [0.1, 0.15) is 5.69 Å². The number of nitrogens with zero attached hydrogens (tertiary/aromatic N) is 4. The second kappa shape index (κ2) is 8.94. The monoisotopic (exact) mass is 422 g/mol. The van der Waals surface area contributed by atoms with Crippen LogP contribution in [0.15, 0.2) is 12.1 Å². The van der Waals surface area contributed by atoms with Crippen molar-refractivity contribution >= 4 is 11.6 Å². The van der Waals surface area contributed by atoms with E-state index in [2.05, 4.69) is 10.1 Å². The standard InChI is InChI=1S/C22H29F3N4O/c23-22(24,25)19-14-17(13-16-9-5-6-10-16)26-20-15-18(27-29(19)20)21(30)28-11-7-3-1-2-4-8-12-28/h14-16H,1-13H2. The van der Waals surface area contributed by atoms with Crippen LogP contribution in [0, 0.1) is 5.92 Å². The van der Waals surface area contributed by atoms with Crippen molar-refractivity contribution in [2.75, 3.05) is 13.1 Å². The molecule has 4 rings (SSSR count). The van der Waals surface area contributed by atoms with Crippen LogP contribution in [-0.4, -0.2) is 38.5 Å². The van der Waals surface area contributed by atoms with Crippen LogP contribution in [0.5, 0.6) is 0 Å². The van der Waals surface area contributed by atoms with Gasteiger partial charge in [0.05, 0.1) is 0 Å². The Balaban J connectivity index is 1.64. The third-order valence-electron chi connectivity index (χ3n) is 6.36. The van der Waals surface area contributed by atoms with Crippen molar-refractivity contribution in [1.82, 2.24) is 19.5 Å². The average molecular weight is 422 g/mol. The summed E-state index contributed by atoms with van der Waals surface area (Å²) in [6.07, 6.45) is 6.60. The van der Waals surface area contributed by atoms with Gasteiger partial charge >= 0.3 is 6.18 Å². The number of fused-ring (bicyclic) bond motifs is 1. The summed E-state index contributed by atoms with van der Waals surface area (Å²) in [5.41, 5.74) is -0.275. The van der Waals surface area contributed by atoms with Crippen LogP contribution in [-0.2, 0) is 12.6 Å². The van der Waals surface area contributed by atoms with Crippen LogP contribution in [0.3, 0.4) is 0 Å². The molecule has 2 aromatic rings. The maximum absolute atomic E-state index is 13.7. The van der Waals surface area contributed by atoms with Crippen molar-refractivity contribution in [3.05, 3.63) is 29.2 Å². The Hall–Kier alpha value is -2.12. The molecule has 2 aromatic heterocycles. The highest BCUT2D eigenvalue weighted by Crippen LogP contribution is 2.32.